The Kier molecular flexibility index (Phi) is 5.93. The van der Waals surface area contributed by atoms with Crippen LogP contribution in [0.1, 0.15) is 113 Å². The van der Waals surface area contributed by atoms with Crippen molar-refractivity contribution in [3.05, 3.63) is 22.8 Å². The highest BCUT2D eigenvalue weighted by Gasteiger charge is 2.65. The van der Waals surface area contributed by atoms with E-state index in [0.29, 0.717) is 24.0 Å². The van der Waals surface area contributed by atoms with Crippen molar-refractivity contribution in [1.29, 1.82) is 0 Å². The van der Waals surface area contributed by atoms with Crippen LogP contribution in [-0.4, -0.2) is 17.0 Å². The predicted octanol–water partition coefficient (Wildman–Crippen LogP) is 7.66. The van der Waals surface area contributed by atoms with Gasteiger partial charge >= 0.3 is 0 Å². The summed E-state index contributed by atoms with van der Waals surface area (Å²) in [6.07, 6.45) is 11.8. The summed E-state index contributed by atoms with van der Waals surface area (Å²) in [7, 11) is 0. The highest BCUT2D eigenvalue weighted by Crippen LogP contribution is 2.71. The number of hydrogen-bond donors (Lipinski definition) is 1. The summed E-state index contributed by atoms with van der Waals surface area (Å²) >= 11 is 0. The summed E-state index contributed by atoms with van der Waals surface area (Å²) in [5, 5.41) is 10.8. The maximum absolute atomic E-state index is 13.9. The van der Waals surface area contributed by atoms with E-state index in [-0.39, 0.29) is 33.7 Å². The molecular formula is C30H48O2. The van der Waals surface area contributed by atoms with Gasteiger partial charge in [0, 0.05) is 17.4 Å². The van der Waals surface area contributed by atoms with E-state index in [1.54, 1.807) is 0 Å². The topological polar surface area (TPSA) is 37.3 Å². The number of aliphatic hydroxyl groups excluding tert-OH is 1. The molecule has 0 aromatic rings. The van der Waals surface area contributed by atoms with E-state index in [1.165, 1.54) is 48.8 Å². The van der Waals surface area contributed by atoms with Gasteiger partial charge in [-0.25, -0.2) is 0 Å². The minimum Gasteiger partial charge on any atom is -0.393 e. The fourth-order valence-electron chi connectivity index (χ4n) is 9.14. The molecule has 7 atom stereocenters. The first-order valence-corrected chi connectivity index (χ1v) is 13.4. The van der Waals surface area contributed by atoms with Crippen molar-refractivity contribution in [3.63, 3.8) is 0 Å². The van der Waals surface area contributed by atoms with Gasteiger partial charge in [-0.15, -0.1) is 0 Å². The van der Waals surface area contributed by atoms with Gasteiger partial charge in [-0.1, -0.05) is 58.8 Å². The second kappa shape index (κ2) is 7.82. The van der Waals surface area contributed by atoms with Crippen LogP contribution in [0.25, 0.3) is 0 Å². The van der Waals surface area contributed by atoms with Crippen LogP contribution in [0.2, 0.25) is 0 Å². The fourth-order valence-corrected chi connectivity index (χ4v) is 9.14. The van der Waals surface area contributed by atoms with E-state index in [0.717, 1.165) is 19.3 Å². The number of allylic oxidation sites excluding steroid dienone is 4. The van der Waals surface area contributed by atoms with Crippen LogP contribution < -0.4 is 0 Å². The standard InChI is InChI=1S/C30H48O2/c1-19(2)10-9-11-20(3)21-12-17-30(8)26-22(13-16-29(21,30)7)28(6)15-14-25(32)27(4,5)24(28)18-23(26)31/h10,20-21,24-25,32H,9,11-18H2,1-8H3/t20-,21+,24+,25+,28-,29+,30-/m1/s1. The maximum Gasteiger partial charge on any atom is 0.159 e. The van der Waals surface area contributed by atoms with Crippen molar-refractivity contribution < 1.29 is 9.90 Å². The number of carbonyl (C=O) groups is 1. The third-order valence-electron chi connectivity index (χ3n) is 11.5. The summed E-state index contributed by atoms with van der Waals surface area (Å²) in [5.41, 5.74) is 4.28. The first-order chi connectivity index (χ1) is 14.8. The summed E-state index contributed by atoms with van der Waals surface area (Å²) in [6.45, 7) is 18.7. The molecule has 0 aliphatic heterocycles. The molecule has 0 amide bonds. The fraction of sp³-hybridized carbons (Fsp3) is 0.833. The van der Waals surface area contributed by atoms with Crippen LogP contribution in [0, 0.1) is 39.4 Å². The van der Waals surface area contributed by atoms with Gasteiger partial charge in [0.1, 0.15) is 0 Å². The Hall–Kier alpha value is -0.890. The molecule has 0 bridgehead atoms. The second-order valence-corrected chi connectivity index (χ2v) is 13.6. The number of fused-ring (bicyclic) bond motifs is 4. The van der Waals surface area contributed by atoms with Crippen molar-refractivity contribution in [1.82, 2.24) is 0 Å². The summed E-state index contributed by atoms with van der Waals surface area (Å²) in [6, 6.07) is 0. The summed E-state index contributed by atoms with van der Waals surface area (Å²) in [5.74, 6) is 2.08. The lowest BCUT2D eigenvalue weighted by Gasteiger charge is -2.61. The van der Waals surface area contributed by atoms with E-state index < -0.39 is 0 Å². The largest absolute Gasteiger partial charge is 0.393 e. The monoisotopic (exact) mass is 440 g/mol. The van der Waals surface area contributed by atoms with Gasteiger partial charge in [0.25, 0.3) is 0 Å². The van der Waals surface area contributed by atoms with Gasteiger partial charge < -0.3 is 5.11 Å². The van der Waals surface area contributed by atoms with Crippen molar-refractivity contribution in [3.8, 4) is 0 Å². The minimum absolute atomic E-state index is 0.0152. The SMILES string of the molecule is CC(C)=CCC[C@@H](C)[C@@H]1CC[C@]2(C)C3=C(CC[C@@]12C)[C@@]1(C)CC[C@H](O)C(C)(C)[C@@H]1CC3=O. The summed E-state index contributed by atoms with van der Waals surface area (Å²) < 4.78 is 0. The smallest absolute Gasteiger partial charge is 0.159 e. The molecule has 4 aliphatic carbocycles. The van der Waals surface area contributed by atoms with E-state index in [9.17, 15) is 9.90 Å². The Morgan fingerprint density at radius 2 is 1.78 bits per heavy atom. The van der Waals surface area contributed by atoms with Crippen LogP contribution in [-0.2, 0) is 4.79 Å². The van der Waals surface area contributed by atoms with Crippen molar-refractivity contribution in [2.24, 2.45) is 39.4 Å². The van der Waals surface area contributed by atoms with Gasteiger partial charge in [0.05, 0.1) is 6.10 Å². The molecular weight excluding hydrogens is 392 g/mol. The molecule has 2 saturated carbocycles. The zero-order valence-electron chi connectivity index (χ0n) is 22.1. The van der Waals surface area contributed by atoms with Crippen LogP contribution in [0.15, 0.2) is 22.8 Å². The number of aliphatic hydroxyl groups is 1. The van der Waals surface area contributed by atoms with Crippen molar-refractivity contribution >= 4 is 5.78 Å². The van der Waals surface area contributed by atoms with E-state index in [4.69, 9.17) is 0 Å². The molecule has 1 N–H and O–H groups in total. The second-order valence-electron chi connectivity index (χ2n) is 13.6. The average molecular weight is 441 g/mol. The summed E-state index contributed by atoms with van der Waals surface area (Å²) in [4.78, 5) is 13.9. The molecule has 0 heterocycles. The first-order valence-electron chi connectivity index (χ1n) is 13.4. The molecule has 32 heavy (non-hydrogen) atoms. The quantitative estimate of drug-likeness (QED) is 0.456. The van der Waals surface area contributed by atoms with Gasteiger partial charge in [-0.3, -0.25) is 4.79 Å². The normalized spacial score (nSPS) is 43.9. The van der Waals surface area contributed by atoms with Gasteiger partial charge in [-0.05, 0) is 99.2 Å². The Bertz CT molecular complexity index is 843. The number of ketones is 1. The first kappa shape index (κ1) is 24.2. The number of carbonyl (C=O) groups excluding carboxylic acids is 1. The molecule has 0 saturated heterocycles. The molecule has 0 unspecified atom stereocenters. The highest BCUT2D eigenvalue weighted by atomic mass is 16.3. The van der Waals surface area contributed by atoms with E-state index in [2.05, 4.69) is 61.5 Å². The molecule has 180 valence electrons. The lowest BCUT2D eigenvalue weighted by Crippen LogP contribution is -2.57. The maximum atomic E-state index is 13.9. The molecule has 0 aromatic carbocycles. The number of hydrogen-bond acceptors (Lipinski definition) is 2. The molecule has 0 spiro atoms. The number of Topliss-reactive ketones (excluding diaryl/α,β-unsaturated/α-hetero) is 1. The van der Waals surface area contributed by atoms with Gasteiger partial charge in [0.15, 0.2) is 5.78 Å². The molecule has 2 nitrogen and oxygen atoms in total. The van der Waals surface area contributed by atoms with Crippen LogP contribution in [0.4, 0.5) is 0 Å². The third-order valence-corrected chi connectivity index (χ3v) is 11.5. The minimum atomic E-state index is -0.294. The third kappa shape index (κ3) is 3.25. The Labute approximate surface area is 197 Å². The molecule has 4 rings (SSSR count). The molecule has 0 aromatic heterocycles. The highest BCUT2D eigenvalue weighted by molar-refractivity contribution is 5.99. The van der Waals surface area contributed by atoms with Crippen LogP contribution >= 0.6 is 0 Å². The molecule has 2 fully saturated rings. The van der Waals surface area contributed by atoms with E-state index >= 15 is 0 Å². The lowest BCUT2D eigenvalue weighted by molar-refractivity contribution is -0.134. The van der Waals surface area contributed by atoms with Crippen LogP contribution in [0.3, 0.4) is 0 Å². The number of rotatable bonds is 4. The molecule has 4 aliphatic rings. The Balaban J connectivity index is 1.70. The lowest BCUT2D eigenvalue weighted by atomic mass is 9.43. The molecule has 0 radical (unpaired) electrons. The van der Waals surface area contributed by atoms with Gasteiger partial charge in [-0.2, -0.15) is 0 Å². The predicted molar refractivity (Wildman–Crippen MR) is 133 cm³/mol. The van der Waals surface area contributed by atoms with Crippen molar-refractivity contribution in [2.75, 3.05) is 0 Å². The van der Waals surface area contributed by atoms with Crippen LogP contribution in [0.5, 0.6) is 0 Å². The zero-order valence-corrected chi connectivity index (χ0v) is 22.1. The zero-order chi connectivity index (χ0) is 23.7. The Morgan fingerprint density at radius 1 is 1.09 bits per heavy atom. The molecule has 2 heteroatoms. The van der Waals surface area contributed by atoms with E-state index in [1.807, 2.05) is 0 Å². The van der Waals surface area contributed by atoms with Gasteiger partial charge in [0.2, 0.25) is 0 Å². The Morgan fingerprint density at radius 3 is 2.44 bits per heavy atom. The average Bonchev–Trinajstić information content (AvgIpc) is 2.98. The van der Waals surface area contributed by atoms with Crippen molar-refractivity contribution in [2.45, 2.75) is 119 Å².